The molecule has 0 spiro atoms. The number of rotatable bonds is 8. The van der Waals surface area contributed by atoms with Crippen molar-refractivity contribution in [1.82, 2.24) is 0 Å². The molecule has 0 saturated carbocycles. The summed E-state index contributed by atoms with van der Waals surface area (Å²) in [5.41, 5.74) is 1.58. The zero-order valence-corrected chi connectivity index (χ0v) is 15.8. The number of para-hydroxylation sites is 2. The number of hydrogen-bond acceptors (Lipinski definition) is 4. The number of aliphatic hydroxyl groups excluding tert-OH is 1. The van der Waals surface area contributed by atoms with Gasteiger partial charge in [-0.3, -0.25) is 4.79 Å². The molecule has 1 amide bonds. The molecule has 0 aliphatic carbocycles. The lowest BCUT2D eigenvalue weighted by atomic mass is 10.2. The van der Waals surface area contributed by atoms with Gasteiger partial charge >= 0.3 is 0 Å². The van der Waals surface area contributed by atoms with Crippen molar-refractivity contribution in [3.63, 3.8) is 0 Å². The van der Waals surface area contributed by atoms with Crippen molar-refractivity contribution in [2.75, 3.05) is 23.3 Å². The standard InChI is InChI=1S/C23H24N2O3/c1-18(26)16-25(20-8-4-2-5-9-20)17-23(27)24-19-12-14-22(15-13-19)28-21-10-6-3-7-11-21/h2-15,18,26H,16-17H2,1H3,(H,24,27). The molecule has 0 heterocycles. The zero-order chi connectivity index (χ0) is 19.8. The van der Waals surface area contributed by atoms with Crippen molar-refractivity contribution in [2.45, 2.75) is 13.0 Å². The van der Waals surface area contributed by atoms with Crippen LogP contribution >= 0.6 is 0 Å². The van der Waals surface area contributed by atoms with Crippen molar-refractivity contribution < 1.29 is 14.6 Å². The number of nitrogens with one attached hydrogen (secondary N) is 1. The Hall–Kier alpha value is -3.31. The van der Waals surface area contributed by atoms with E-state index < -0.39 is 6.10 Å². The van der Waals surface area contributed by atoms with Gasteiger partial charge in [-0.1, -0.05) is 36.4 Å². The molecule has 5 heteroatoms. The first-order valence-electron chi connectivity index (χ1n) is 9.21. The fraction of sp³-hybridized carbons (Fsp3) is 0.174. The maximum absolute atomic E-state index is 12.5. The molecule has 5 nitrogen and oxygen atoms in total. The first kappa shape index (κ1) is 19.5. The molecule has 0 fully saturated rings. The second-order valence-corrected chi connectivity index (χ2v) is 6.55. The van der Waals surface area contributed by atoms with Gasteiger partial charge in [-0.25, -0.2) is 0 Å². The van der Waals surface area contributed by atoms with Crippen LogP contribution in [0.1, 0.15) is 6.92 Å². The molecule has 28 heavy (non-hydrogen) atoms. The highest BCUT2D eigenvalue weighted by atomic mass is 16.5. The summed E-state index contributed by atoms with van der Waals surface area (Å²) in [6.07, 6.45) is -0.539. The molecule has 0 bridgehead atoms. The Balaban J connectivity index is 1.60. The first-order chi connectivity index (χ1) is 13.6. The molecule has 3 aromatic rings. The quantitative estimate of drug-likeness (QED) is 0.615. The van der Waals surface area contributed by atoms with E-state index in [-0.39, 0.29) is 12.5 Å². The van der Waals surface area contributed by atoms with E-state index in [0.717, 1.165) is 11.4 Å². The third-order valence-electron chi connectivity index (χ3n) is 4.06. The molecule has 0 aliphatic rings. The summed E-state index contributed by atoms with van der Waals surface area (Å²) < 4.78 is 5.76. The lowest BCUT2D eigenvalue weighted by Crippen LogP contribution is -2.37. The van der Waals surface area contributed by atoms with Crippen LogP contribution in [0.15, 0.2) is 84.9 Å². The van der Waals surface area contributed by atoms with E-state index in [1.54, 1.807) is 19.1 Å². The highest BCUT2D eigenvalue weighted by Gasteiger charge is 2.14. The minimum Gasteiger partial charge on any atom is -0.457 e. The van der Waals surface area contributed by atoms with Gasteiger partial charge in [-0.2, -0.15) is 0 Å². The molecule has 0 radical (unpaired) electrons. The minimum absolute atomic E-state index is 0.150. The molecule has 0 aliphatic heterocycles. The normalized spacial score (nSPS) is 11.5. The number of hydrogen-bond donors (Lipinski definition) is 2. The summed E-state index contributed by atoms with van der Waals surface area (Å²) in [4.78, 5) is 14.3. The third kappa shape index (κ3) is 5.86. The number of ether oxygens (including phenoxy) is 1. The third-order valence-corrected chi connectivity index (χ3v) is 4.06. The molecular weight excluding hydrogens is 352 g/mol. The van der Waals surface area contributed by atoms with Gasteiger partial charge in [-0.15, -0.1) is 0 Å². The van der Waals surface area contributed by atoms with E-state index in [1.807, 2.05) is 77.7 Å². The van der Waals surface area contributed by atoms with Gasteiger partial charge in [0.15, 0.2) is 0 Å². The topological polar surface area (TPSA) is 61.8 Å². The van der Waals surface area contributed by atoms with E-state index in [0.29, 0.717) is 18.0 Å². The van der Waals surface area contributed by atoms with Crippen LogP contribution in [0, 0.1) is 0 Å². The van der Waals surface area contributed by atoms with Crippen molar-refractivity contribution in [2.24, 2.45) is 0 Å². The molecule has 3 aromatic carbocycles. The molecule has 3 rings (SSSR count). The molecule has 1 unspecified atom stereocenters. The van der Waals surface area contributed by atoms with E-state index >= 15 is 0 Å². The van der Waals surface area contributed by atoms with Crippen LogP contribution in [0.2, 0.25) is 0 Å². The molecule has 0 aromatic heterocycles. The Morgan fingerprint density at radius 3 is 2.11 bits per heavy atom. The lowest BCUT2D eigenvalue weighted by Gasteiger charge is -2.25. The largest absolute Gasteiger partial charge is 0.457 e. The Labute approximate surface area is 165 Å². The summed E-state index contributed by atoms with van der Waals surface area (Å²) in [5.74, 6) is 1.31. The van der Waals surface area contributed by atoms with Crippen LogP contribution in [-0.2, 0) is 4.79 Å². The summed E-state index contributed by atoms with van der Waals surface area (Å²) in [5, 5.41) is 12.6. The van der Waals surface area contributed by atoms with Gasteiger partial charge in [0.2, 0.25) is 5.91 Å². The number of aliphatic hydroxyl groups is 1. The monoisotopic (exact) mass is 376 g/mol. The number of amides is 1. The summed E-state index contributed by atoms with van der Waals surface area (Å²) in [6, 6.07) is 26.3. The maximum atomic E-state index is 12.5. The van der Waals surface area contributed by atoms with Gasteiger partial charge in [0.25, 0.3) is 0 Å². The Morgan fingerprint density at radius 2 is 1.50 bits per heavy atom. The molecule has 1 atom stereocenters. The van der Waals surface area contributed by atoms with Gasteiger partial charge < -0.3 is 20.1 Å². The highest BCUT2D eigenvalue weighted by molar-refractivity contribution is 5.94. The van der Waals surface area contributed by atoms with Gasteiger partial charge in [-0.05, 0) is 55.5 Å². The average Bonchev–Trinajstić information content (AvgIpc) is 2.70. The number of carbonyl (C=O) groups excluding carboxylic acids is 1. The van der Waals surface area contributed by atoms with Crippen LogP contribution in [0.3, 0.4) is 0 Å². The van der Waals surface area contributed by atoms with Crippen molar-refractivity contribution in [3.05, 3.63) is 84.9 Å². The van der Waals surface area contributed by atoms with Gasteiger partial charge in [0.05, 0.1) is 12.6 Å². The second kappa shape index (κ2) is 9.58. The van der Waals surface area contributed by atoms with Crippen LogP contribution in [0.25, 0.3) is 0 Å². The number of nitrogens with zero attached hydrogens (tertiary/aromatic N) is 1. The Bertz CT molecular complexity index is 865. The summed E-state index contributed by atoms with van der Waals surface area (Å²) >= 11 is 0. The van der Waals surface area contributed by atoms with Crippen molar-refractivity contribution >= 4 is 17.3 Å². The molecule has 2 N–H and O–H groups in total. The van der Waals surface area contributed by atoms with Crippen LogP contribution in [0.5, 0.6) is 11.5 Å². The summed E-state index contributed by atoms with van der Waals surface area (Å²) in [7, 11) is 0. The maximum Gasteiger partial charge on any atom is 0.243 e. The SMILES string of the molecule is CC(O)CN(CC(=O)Nc1ccc(Oc2ccccc2)cc1)c1ccccc1. The van der Waals surface area contributed by atoms with Crippen LogP contribution in [0.4, 0.5) is 11.4 Å². The average molecular weight is 376 g/mol. The van der Waals surface area contributed by atoms with E-state index in [1.165, 1.54) is 0 Å². The molecule has 144 valence electrons. The number of benzene rings is 3. The first-order valence-corrected chi connectivity index (χ1v) is 9.21. The molecule has 0 saturated heterocycles. The minimum atomic E-state index is -0.539. The van der Waals surface area contributed by atoms with Gasteiger partial charge in [0.1, 0.15) is 11.5 Å². The Kier molecular flexibility index (Phi) is 6.65. The van der Waals surface area contributed by atoms with E-state index in [4.69, 9.17) is 4.74 Å². The van der Waals surface area contributed by atoms with Crippen molar-refractivity contribution in [1.29, 1.82) is 0 Å². The predicted octanol–water partition coefficient (Wildman–Crippen LogP) is 4.30. The fourth-order valence-corrected chi connectivity index (χ4v) is 2.82. The van der Waals surface area contributed by atoms with Crippen LogP contribution in [-0.4, -0.2) is 30.2 Å². The highest BCUT2D eigenvalue weighted by Crippen LogP contribution is 2.22. The van der Waals surface area contributed by atoms with Crippen molar-refractivity contribution in [3.8, 4) is 11.5 Å². The smallest absolute Gasteiger partial charge is 0.243 e. The second-order valence-electron chi connectivity index (χ2n) is 6.55. The summed E-state index contributed by atoms with van der Waals surface area (Å²) in [6.45, 7) is 2.23. The predicted molar refractivity (Wildman–Crippen MR) is 112 cm³/mol. The lowest BCUT2D eigenvalue weighted by molar-refractivity contribution is -0.115. The van der Waals surface area contributed by atoms with E-state index in [9.17, 15) is 9.90 Å². The van der Waals surface area contributed by atoms with E-state index in [2.05, 4.69) is 5.32 Å². The fourth-order valence-electron chi connectivity index (χ4n) is 2.82. The zero-order valence-electron chi connectivity index (χ0n) is 15.8. The number of carbonyl (C=O) groups is 1. The van der Waals surface area contributed by atoms with Crippen LogP contribution < -0.4 is 15.0 Å². The Morgan fingerprint density at radius 1 is 0.929 bits per heavy atom. The number of anilines is 2. The van der Waals surface area contributed by atoms with Gasteiger partial charge in [0, 0.05) is 17.9 Å². The molecular formula is C23H24N2O3.